The van der Waals surface area contributed by atoms with Gasteiger partial charge >= 0.3 is 0 Å². The highest BCUT2D eigenvalue weighted by molar-refractivity contribution is 6.20. The standard InChI is InChI=1S/C25H23N3O4/c29-23(20-5-4-16-32-20)21-22(17-10-12-26-13-11-17)28(25(31)24(21)30)19-8-6-18(7-9-19)27-14-2-1-3-15-27/h4-13,16,22,30H,1-3,14-15H2. The molecule has 7 nitrogen and oxygen atoms in total. The summed E-state index contributed by atoms with van der Waals surface area (Å²) >= 11 is 0. The number of piperidine rings is 1. The predicted octanol–water partition coefficient (Wildman–Crippen LogP) is 4.45. The van der Waals surface area contributed by atoms with E-state index in [1.807, 2.05) is 24.3 Å². The van der Waals surface area contributed by atoms with Crippen molar-refractivity contribution >= 4 is 23.1 Å². The van der Waals surface area contributed by atoms with Crippen LogP contribution in [0.4, 0.5) is 11.4 Å². The van der Waals surface area contributed by atoms with Crippen molar-refractivity contribution in [1.82, 2.24) is 4.98 Å². The van der Waals surface area contributed by atoms with Gasteiger partial charge < -0.3 is 14.4 Å². The zero-order valence-corrected chi connectivity index (χ0v) is 17.5. The molecule has 3 aromatic rings. The molecule has 162 valence electrons. The molecule has 2 aromatic heterocycles. The number of ketones is 1. The molecule has 4 heterocycles. The van der Waals surface area contributed by atoms with Gasteiger partial charge in [0.1, 0.15) is 0 Å². The molecule has 0 radical (unpaired) electrons. The molecule has 5 rings (SSSR count). The Kier molecular flexibility index (Phi) is 5.23. The molecule has 7 heteroatoms. The lowest BCUT2D eigenvalue weighted by atomic mass is 9.95. The Labute approximate surface area is 185 Å². The Balaban J connectivity index is 1.54. The van der Waals surface area contributed by atoms with Crippen LogP contribution in [0.5, 0.6) is 0 Å². The van der Waals surface area contributed by atoms with Crippen LogP contribution in [0.2, 0.25) is 0 Å². The van der Waals surface area contributed by atoms with Crippen molar-refractivity contribution in [1.29, 1.82) is 0 Å². The number of hydrogen-bond donors (Lipinski definition) is 1. The molecule has 32 heavy (non-hydrogen) atoms. The van der Waals surface area contributed by atoms with E-state index in [1.165, 1.54) is 36.5 Å². The molecule has 2 aliphatic rings. The van der Waals surface area contributed by atoms with Gasteiger partial charge in [0, 0.05) is 36.9 Å². The summed E-state index contributed by atoms with van der Waals surface area (Å²) in [5, 5.41) is 10.8. The topological polar surface area (TPSA) is 86.9 Å². The number of pyridine rings is 1. The number of carbonyl (C=O) groups excluding carboxylic acids is 2. The first kappa shape index (κ1) is 20.1. The van der Waals surface area contributed by atoms with Gasteiger partial charge in [-0.3, -0.25) is 19.5 Å². The number of benzene rings is 1. The van der Waals surface area contributed by atoms with Crippen LogP contribution in [-0.4, -0.2) is 34.9 Å². The first-order chi connectivity index (χ1) is 15.6. The zero-order chi connectivity index (χ0) is 22.1. The summed E-state index contributed by atoms with van der Waals surface area (Å²) in [6.07, 6.45) is 8.19. The van der Waals surface area contributed by atoms with Gasteiger partial charge in [-0.2, -0.15) is 0 Å². The average Bonchev–Trinajstić information content (AvgIpc) is 3.47. The predicted molar refractivity (Wildman–Crippen MR) is 120 cm³/mol. The average molecular weight is 429 g/mol. The van der Waals surface area contributed by atoms with E-state index < -0.39 is 23.5 Å². The largest absolute Gasteiger partial charge is 0.503 e. The molecular weight excluding hydrogens is 406 g/mol. The van der Waals surface area contributed by atoms with E-state index in [2.05, 4.69) is 9.88 Å². The summed E-state index contributed by atoms with van der Waals surface area (Å²) in [4.78, 5) is 34.2. The molecule has 1 fully saturated rings. The third-order valence-corrected chi connectivity index (χ3v) is 6.07. The number of aromatic nitrogens is 1. The minimum absolute atomic E-state index is 0.00347. The number of nitrogens with zero attached hydrogens (tertiary/aromatic N) is 3. The molecule has 1 saturated heterocycles. The SMILES string of the molecule is O=C(C1=C(O)C(=O)N(c2ccc(N3CCCCC3)cc2)C1c1ccncc1)c1ccco1. The van der Waals surface area contributed by atoms with Crippen LogP contribution in [-0.2, 0) is 4.79 Å². The maximum atomic E-state index is 13.2. The molecule has 1 aromatic carbocycles. The summed E-state index contributed by atoms with van der Waals surface area (Å²) in [5.74, 6) is -1.63. The number of furan rings is 1. The highest BCUT2D eigenvalue weighted by Gasteiger charge is 2.45. The fraction of sp³-hybridized carbons (Fsp3) is 0.240. The highest BCUT2D eigenvalue weighted by atomic mass is 16.3. The zero-order valence-electron chi connectivity index (χ0n) is 17.5. The first-order valence-corrected chi connectivity index (χ1v) is 10.7. The fourth-order valence-corrected chi connectivity index (χ4v) is 4.48. The lowest BCUT2D eigenvalue weighted by Gasteiger charge is -2.30. The Bertz CT molecular complexity index is 1150. The second-order valence-corrected chi connectivity index (χ2v) is 7.99. The number of aliphatic hydroxyl groups excluding tert-OH is 1. The fourth-order valence-electron chi connectivity index (χ4n) is 4.48. The van der Waals surface area contributed by atoms with Crippen LogP contribution in [0.3, 0.4) is 0 Å². The molecule has 0 bridgehead atoms. The number of aliphatic hydroxyl groups is 1. The quantitative estimate of drug-likeness (QED) is 0.603. The maximum Gasteiger partial charge on any atom is 0.294 e. The molecule has 1 unspecified atom stereocenters. The van der Waals surface area contributed by atoms with Gasteiger partial charge in [-0.15, -0.1) is 0 Å². The van der Waals surface area contributed by atoms with E-state index in [0.717, 1.165) is 18.8 Å². The van der Waals surface area contributed by atoms with Crippen LogP contribution in [0.25, 0.3) is 0 Å². The van der Waals surface area contributed by atoms with Crippen molar-refractivity contribution in [2.45, 2.75) is 25.3 Å². The van der Waals surface area contributed by atoms with Crippen LogP contribution >= 0.6 is 0 Å². The number of anilines is 2. The van der Waals surface area contributed by atoms with E-state index in [4.69, 9.17) is 4.42 Å². The summed E-state index contributed by atoms with van der Waals surface area (Å²) < 4.78 is 5.26. The molecule has 1 atom stereocenters. The van der Waals surface area contributed by atoms with E-state index in [9.17, 15) is 14.7 Å². The Morgan fingerprint density at radius 3 is 2.31 bits per heavy atom. The van der Waals surface area contributed by atoms with Crippen LogP contribution in [0.15, 0.2) is 82.9 Å². The monoisotopic (exact) mass is 429 g/mol. The lowest BCUT2D eigenvalue weighted by molar-refractivity contribution is -0.117. The summed E-state index contributed by atoms with van der Waals surface area (Å²) in [6, 6.07) is 13.5. The third kappa shape index (κ3) is 3.45. The molecule has 0 spiro atoms. The van der Waals surface area contributed by atoms with Gasteiger partial charge in [0.05, 0.1) is 17.9 Å². The van der Waals surface area contributed by atoms with Crippen molar-refractivity contribution in [2.24, 2.45) is 0 Å². The Morgan fingerprint density at radius 1 is 0.969 bits per heavy atom. The smallest absolute Gasteiger partial charge is 0.294 e. The number of carbonyl (C=O) groups is 2. The Hall–Kier alpha value is -3.87. The maximum absolute atomic E-state index is 13.2. The van der Waals surface area contributed by atoms with Gasteiger partial charge in [0.15, 0.2) is 11.5 Å². The van der Waals surface area contributed by atoms with E-state index in [0.29, 0.717) is 11.3 Å². The van der Waals surface area contributed by atoms with E-state index >= 15 is 0 Å². The normalized spacial score (nSPS) is 19.0. The van der Waals surface area contributed by atoms with Crippen molar-refractivity contribution in [3.05, 3.63) is 89.8 Å². The number of amides is 1. The second kappa shape index (κ2) is 8.34. The first-order valence-electron chi connectivity index (χ1n) is 10.7. The highest BCUT2D eigenvalue weighted by Crippen LogP contribution is 2.42. The van der Waals surface area contributed by atoms with Gasteiger partial charge in [0.2, 0.25) is 5.78 Å². The van der Waals surface area contributed by atoms with E-state index in [1.54, 1.807) is 30.6 Å². The summed E-state index contributed by atoms with van der Waals surface area (Å²) in [5.41, 5.74) is 2.37. The molecule has 1 amide bonds. The van der Waals surface area contributed by atoms with Gasteiger partial charge in [-0.25, -0.2) is 0 Å². The van der Waals surface area contributed by atoms with Crippen LogP contribution in [0, 0.1) is 0 Å². The number of Topliss-reactive ketones (excluding diaryl/α,β-unsaturated/α-hetero) is 1. The van der Waals surface area contributed by atoms with Crippen LogP contribution < -0.4 is 9.80 Å². The van der Waals surface area contributed by atoms with Gasteiger partial charge in [-0.1, -0.05) is 0 Å². The summed E-state index contributed by atoms with van der Waals surface area (Å²) in [7, 11) is 0. The molecule has 0 aliphatic carbocycles. The van der Waals surface area contributed by atoms with E-state index in [-0.39, 0.29) is 11.3 Å². The van der Waals surface area contributed by atoms with Crippen molar-refractivity contribution < 1.29 is 19.1 Å². The second-order valence-electron chi connectivity index (χ2n) is 7.99. The van der Waals surface area contributed by atoms with Gasteiger partial charge in [-0.05, 0) is 73.4 Å². The third-order valence-electron chi connectivity index (χ3n) is 6.07. The van der Waals surface area contributed by atoms with Crippen molar-refractivity contribution in [3.8, 4) is 0 Å². The summed E-state index contributed by atoms with van der Waals surface area (Å²) in [6.45, 7) is 2.04. The molecule has 0 saturated carbocycles. The molecule has 2 aliphatic heterocycles. The lowest BCUT2D eigenvalue weighted by Crippen LogP contribution is -2.31. The number of hydrogen-bond acceptors (Lipinski definition) is 6. The Morgan fingerprint density at radius 2 is 1.66 bits per heavy atom. The molecule has 1 N–H and O–H groups in total. The minimum Gasteiger partial charge on any atom is -0.503 e. The minimum atomic E-state index is -0.788. The number of rotatable bonds is 5. The van der Waals surface area contributed by atoms with Gasteiger partial charge in [0.25, 0.3) is 5.91 Å². The van der Waals surface area contributed by atoms with Crippen molar-refractivity contribution in [2.75, 3.05) is 22.9 Å². The molecular formula is C25H23N3O4. The van der Waals surface area contributed by atoms with Crippen LogP contribution in [0.1, 0.15) is 41.4 Å². The van der Waals surface area contributed by atoms with Crippen molar-refractivity contribution in [3.63, 3.8) is 0 Å².